The van der Waals surface area contributed by atoms with Gasteiger partial charge >= 0.3 is 0 Å². The second kappa shape index (κ2) is 12.4. The normalized spacial score (nSPS) is 20.7. The van der Waals surface area contributed by atoms with Crippen molar-refractivity contribution in [2.75, 3.05) is 25.1 Å². The Bertz CT molecular complexity index is 1210. The minimum Gasteiger partial charge on any atom is -0.474 e. The highest BCUT2D eigenvalue weighted by Crippen LogP contribution is 2.43. The summed E-state index contributed by atoms with van der Waals surface area (Å²) in [6.07, 6.45) is 1.39. The molecule has 3 atom stereocenters. The lowest BCUT2D eigenvalue weighted by atomic mass is 10.2. The van der Waals surface area contributed by atoms with Crippen molar-refractivity contribution in [3.63, 3.8) is 0 Å². The number of carbonyl (C=O) groups is 1. The van der Waals surface area contributed by atoms with Crippen molar-refractivity contribution >= 4 is 39.7 Å². The molecule has 2 aromatic rings. The number of aliphatic hydroxyl groups excluding tert-OH is 1. The number of rotatable bonds is 11. The summed E-state index contributed by atoms with van der Waals surface area (Å²) < 4.78 is 27.7. The zero-order chi connectivity index (χ0) is 31.0. The fourth-order valence-electron chi connectivity index (χ4n) is 3.86. The molecule has 0 saturated carbocycles. The molecule has 3 heterocycles. The van der Waals surface area contributed by atoms with Crippen molar-refractivity contribution < 1.29 is 28.2 Å². The minimum atomic E-state index is -2.12. The van der Waals surface area contributed by atoms with Crippen LogP contribution in [-0.2, 0) is 18.4 Å². The molecule has 1 aliphatic rings. The third-order valence-corrected chi connectivity index (χ3v) is 17.6. The first-order valence-electron chi connectivity index (χ1n) is 14.5. The van der Waals surface area contributed by atoms with E-state index in [9.17, 15) is 9.90 Å². The average molecular weight is 610 g/mol. The molecule has 0 spiro atoms. The van der Waals surface area contributed by atoms with Gasteiger partial charge in [-0.05, 0) is 36.3 Å². The molecule has 0 aromatic carbocycles. The molecule has 11 nitrogen and oxygen atoms in total. The molecule has 1 unspecified atom stereocenters. The van der Waals surface area contributed by atoms with E-state index in [1.54, 1.807) is 20.2 Å². The Kier molecular flexibility index (Phi) is 10.1. The number of anilines is 1. The number of hydrogen-bond donors (Lipinski definition) is 2. The standard InChI is InChI=1S/C28H51N5O6Si2/c1-18(2)24(35)31-26-30-23-22(25(32-26)36-14-13-34)29-17-33(23)21-15-19(39-41(11,12)28(6,7)8)20(38-21)16-37-40(9,10)27(3,4)5/h17-21,34H,13-16H2,1-12H3,(H,30,31,32,35)/t19-,20+,21?/m0/s1. The van der Waals surface area contributed by atoms with Crippen LogP contribution in [0.3, 0.4) is 0 Å². The van der Waals surface area contributed by atoms with Crippen LogP contribution in [0, 0.1) is 5.92 Å². The highest BCUT2D eigenvalue weighted by Gasteiger charge is 2.47. The smallest absolute Gasteiger partial charge is 0.247 e. The monoisotopic (exact) mass is 609 g/mol. The van der Waals surface area contributed by atoms with Gasteiger partial charge < -0.3 is 23.4 Å². The largest absolute Gasteiger partial charge is 0.474 e. The zero-order valence-corrected chi connectivity index (χ0v) is 29.0. The van der Waals surface area contributed by atoms with Gasteiger partial charge in [-0.3, -0.25) is 14.7 Å². The lowest BCUT2D eigenvalue weighted by Crippen LogP contribution is -2.48. The van der Waals surface area contributed by atoms with E-state index in [4.69, 9.17) is 18.3 Å². The predicted octanol–water partition coefficient (Wildman–Crippen LogP) is 5.49. The predicted molar refractivity (Wildman–Crippen MR) is 165 cm³/mol. The second-order valence-electron chi connectivity index (χ2n) is 14.2. The van der Waals surface area contributed by atoms with E-state index in [0.29, 0.717) is 24.2 Å². The van der Waals surface area contributed by atoms with E-state index in [-0.39, 0.29) is 59.2 Å². The van der Waals surface area contributed by atoms with Gasteiger partial charge in [-0.15, -0.1) is 0 Å². The number of amides is 1. The van der Waals surface area contributed by atoms with Crippen molar-refractivity contribution in [3.8, 4) is 5.88 Å². The Hall–Kier alpha value is -1.91. The van der Waals surface area contributed by atoms with Gasteiger partial charge in [0.15, 0.2) is 27.8 Å². The van der Waals surface area contributed by atoms with E-state index in [2.05, 4.69) is 88.0 Å². The lowest BCUT2D eigenvalue weighted by molar-refractivity contribution is -0.118. The highest BCUT2D eigenvalue weighted by atomic mass is 28.4. The molecule has 1 aliphatic heterocycles. The van der Waals surface area contributed by atoms with Crippen LogP contribution in [0.1, 0.15) is 68.0 Å². The molecule has 3 rings (SSSR count). The van der Waals surface area contributed by atoms with Gasteiger partial charge in [-0.25, -0.2) is 4.98 Å². The summed E-state index contributed by atoms with van der Waals surface area (Å²) in [5.41, 5.74) is 0.890. The number of nitrogens with one attached hydrogen (secondary N) is 1. The average Bonchev–Trinajstić information content (AvgIpc) is 3.43. The van der Waals surface area contributed by atoms with E-state index < -0.39 is 22.9 Å². The van der Waals surface area contributed by atoms with Crippen molar-refractivity contribution in [1.29, 1.82) is 0 Å². The molecule has 1 amide bonds. The maximum absolute atomic E-state index is 12.4. The van der Waals surface area contributed by atoms with Crippen LogP contribution in [0.15, 0.2) is 6.33 Å². The van der Waals surface area contributed by atoms with Gasteiger partial charge in [0.2, 0.25) is 17.7 Å². The van der Waals surface area contributed by atoms with E-state index in [0.717, 1.165) is 0 Å². The molecule has 0 aliphatic carbocycles. The fraction of sp³-hybridized carbons (Fsp3) is 0.786. The lowest BCUT2D eigenvalue weighted by Gasteiger charge is -2.40. The molecular formula is C28H51N5O6Si2. The number of carbonyl (C=O) groups excluding carboxylic acids is 1. The SMILES string of the molecule is CC(C)C(=O)Nc1nc(OCCO)c2ncn(C3C[C@H](O[Si](C)(C)C(C)(C)C)[C@@H](CO[Si](C)(C)C(C)(C)C)O3)c2n1. The molecular weight excluding hydrogens is 559 g/mol. The van der Waals surface area contributed by atoms with Crippen LogP contribution in [0.4, 0.5) is 5.95 Å². The Balaban J connectivity index is 1.99. The first-order valence-corrected chi connectivity index (χ1v) is 20.4. The highest BCUT2D eigenvalue weighted by molar-refractivity contribution is 6.74. The Morgan fingerprint density at radius 3 is 2.32 bits per heavy atom. The summed E-state index contributed by atoms with van der Waals surface area (Å²) in [5, 5.41) is 12.2. The first-order chi connectivity index (χ1) is 18.8. The number of aliphatic hydroxyl groups is 1. The van der Waals surface area contributed by atoms with Crippen LogP contribution in [0.5, 0.6) is 5.88 Å². The number of aromatic nitrogens is 4. The summed E-state index contributed by atoms with van der Waals surface area (Å²) in [5.74, 6) is -0.178. The number of ether oxygens (including phenoxy) is 2. The molecule has 1 fully saturated rings. The Labute approximate surface area is 247 Å². The summed E-state index contributed by atoms with van der Waals surface area (Å²) in [6.45, 7) is 26.2. The van der Waals surface area contributed by atoms with Crippen LogP contribution >= 0.6 is 0 Å². The third kappa shape index (κ3) is 7.74. The molecule has 1 saturated heterocycles. The molecule has 232 valence electrons. The topological polar surface area (TPSA) is 130 Å². The number of imidazole rings is 1. The summed E-state index contributed by atoms with van der Waals surface area (Å²) in [6, 6.07) is 0. The van der Waals surface area contributed by atoms with E-state index >= 15 is 0 Å². The Morgan fingerprint density at radius 1 is 1.12 bits per heavy atom. The number of nitrogens with zero attached hydrogens (tertiary/aromatic N) is 4. The third-order valence-electron chi connectivity index (χ3n) is 8.64. The molecule has 13 heteroatoms. The molecule has 0 radical (unpaired) electrons. The zero-order valence-electron chi connectivity index (χ0n) is 27.0. The van der Waals surface area contributed by atoms with E-state index in [1.807, 2.05) is 4.57 Å². The number of fused-ring (bicyclic) bond motifs is 1. The van der Waals surface area contributed by atoms with Crippen molar-refractivity contribution in [2.45, 2.75) is 117 Å². The summed E-state index contributed by atoms with van der Waals surface area (Å²) in [4.78, 5) is 26.0. The van der Waals surface area contributed by atoms with Crippen molar-refractivity contribution in [2.24, 2.45) is 5.92 Å². The van der Waals surface area contributed by atoms with Gasteiger partial charge in [-0.1, -0.05) is 55.4 Å². The van der Waals surface area contributed by atoms with Gasteiger partial charge in [0.25, 0.3) is 0 Å². The molecule has 41 heavy (non-hydrogen) atoms. The minimum absolute atomic E-state index is 0.0335. The number of hydrogen-bond acceptors (Lipinski definition) is 9. The summed E-state index contributed by atoms with van der Waals surface area (Å²) >= 11 is 0. The van der Waals surface area contributed by atoms with E-state index in [1.165, 1.54) is 0 Å². The Morgan fingerprint density at radius 2 is 1.76 bits per heavy atom. The first kappa shape index (κ1) is 33.6. The quantitative estimate of drug-likeness (QED) is 0.318. The molecule has 2 N–H and O–H groups in total. The van der Waals surface area contributed by atoms with Gasteiger partial charge in [-0.2, -0.15) is 9.97 Å². The maximum atomic E-state index is 12.4. The summed E-state index contributed by atoms with van der Waals surface area (Å²) in [7, 11) is -4.14. The van der Waals surface area contributed by atoms with Gasteiger partial charge in [0.1, 0.15) is 18.9 Å². The fourth-order valence-corrected chi connectivity index (χ4v) is 6.23. The van der Waals surface area contributed by atoms with Crippen molar-refractivity contribution in [3.05, 3.63) is 6.33 Å². The van der Waals surface area contributed by atoms with Crippen LogP contribution < -0.4 is 10.1 Å². The second-order valence-corrected chi connectivity index (χ2v) is 23.8. The van der Waals surface area contributed by atoms with Gasteiger partial charge in [0, 0.05) is 12.3 Å². The molecule has 0 bridgehead atoms. The van der Waals surface area contributed by atoms with Crippen LogP contribution in [0.25, 0.3) is 11.2 Å². The van der Waals surface area contributed by atoms with Crippen LogP contribution in [0.2, 0.25) is 36.3 Å². The molecule has 2 aromatic heterocycles. The van der Waals surface area contributed by atoms with Gasteiger partial charge in [0.05, 0.1) is 25.6 Å². The van der Waals surface area contributed by atoms with Crippen molar-refractivity contribution in [1.82, 2.24) is 19.5 Å². The maximum Gasteiger partial charge on any atom is 0.247 e. The van der Waals surface area contributed by atoms with Crippen LogP contribution in [-0.4, -0.2) is 79.2 Å².